The molecule has 1 heterocycles. The van der Waals surface area contributed by atoms with Gasteiger partial charge in [0.25, 0.3) is 0 Å². The fourth-order valence-corrected chi connectivity index (χ4v) is 5.49. The second kappa shape index (κ2) is 9.49. The molecule has 1 saturated carbocycles. The number of β-amino-alcohol motifs (C(OH)–C–C–N with tert-alkyl or cyclic N) is 1. The first kappa shape index (κ1) is 22.0. The van der Waals surface area contributed by atoms with Gasteiger partial charge in [0.15, 0.2) is 0 Å². The average molecular weight is 488 g/mol. The Morgan fingerprint density at radius 2 is 1.90 bits per heavy atom. The third-order valence-corrected chi connectivity index (χ3v) is 7.35. The van der Waals surface area contributed by atoms with Crippen molar-refractivity contribution >= 4 is 38.0 Å². The minimum absolute atomic E-state index is 0.113. The van der Waals surface area contributed by atoms with Crippen LogP contribution in [0.1, 0.15) is 43.2 Å². The van der Waals surface area contributed by atoms with Gasteiger partial charge in [-0.3, -0.25) is 0 Å². The summed E-state index contributed by atoms with van der Waals surface area (Å²) in [7, 11) is 0. The van der Waals surface area contributed by atoms with E-state index in [0.717, 1.165) is 10.2 Å². The summed E-state index contributed by atoms with van der Waals surface area (Å²) >= 11 is 5.27. The molecule has 0 amide bonds. The first-order chi connectivity index (χ1) is 14.4. The zero-order valence-electron chi connectivity index (χ0n) is 17.6. The lowest BCUT2D eigenvalue weighted by Gasteiger charge is -2.28. The zero-order valence-corrected chi connectivity index (χ0v) is 20.0. The van der Waals surface area contributed by atoms with E-state index in [1.165, 1.54) is 34.1 Å². The molecule has 160 valence electrons. The molecule has 3 aromatic rings. The molecule has 0 spiro atoms. The lowest BCUT2D eigenvalue weighted by molar-refractivity contribution is -0.0196. The van der Waals surface area contributed by atoms with Crippen molar-refractivity contribution in [1.82, 2.24) is 5.32 Å². The van der Waals surface area contributed by atoms with Crippen LogP contribution in [0.2, 0.25) is 0 Å². The molecule has 1 aliphatic carbocycles. The van der Waals surface area contributed by atoms with E-state index < -0.39 is 6.10 Å². The van der Waals surface area contributed by atoms with Crippen LogP contribution in [0.3, 0.4) is 0 Å². The van der Waals surface area contributed by atoms with Gasteiger partial charge in [-0.15, -0.1) is 11.3 Å². The van der Waals surface area contributed by atoms with E-state index in [-0.39, 0.29) is 11.6 Å². The Hall–Kier alpha value is -1.24. The van der Waals surface area contributed by atoms with Crippen molar-refractivity contribution in [1.29, 1.82) is 0 Å². The summed E-state index contributed by atoms with van der Waals surface area (Å²) < 4.78 is 7.29. The third-order valence-electron chi connectivity index (χ3n) is 5.67. The molecule has 0 bridgehead atoms. The molecule has 0 saturated heterocycles. The number of halogens is 1. The summed E-state index contributed by atoms with van der Waals surface area (Å²) in [5.74, 6) is 0.597. The summed E-state index contributed by atoms with van der Waals surface area (Å²) in [5.41, 5.74) is 1.19. The summed E-state index contributed by atoms with van der Waals surface area (Å²) in [6, 6.07) is 19.3. The number of benzene rings is 2. The van der Waals surface area contributed by atoms with Crippen LogP contribution in [0.5, 0.6) is 0 Å². The van der Waals surface area contributed by atoms with Crippen molar-refractivity contribution in [3.63, 3.8) is 0 Å². The maximum atomic E-state index is 10.5. The maximum absolute atomic E-state index is 10.5. The van der Waals surface area contributed by atoms with E-state index >= 15 is 0 Å². The molecule has 0 aliphatic heterocycles. The number of rotatable bonds is 10. The van der Waals surface area contributed by atoms with Crippen LogP contribution < -0.4 is 5.32 Å². The predicted molar refractivity (Wildman–Crippen MR) is 129 cm³/mol. The number of fused-ring (bicyclic) bond motifs is 1. The smallest absolute Gasteiger partial charge is 0.0946 e. The molecule has 1 unspecified atom stereocenters. The number of thiophene rings is 1. The van der Waals surface area contributed by atoms with E-state index in [1.807, 2.05) is 0 Å². The van der Waals surface area contributed by atoms with Crippen molar-refractivity contribution in [3.05, 3.63) is 68.8 Å². The van der Waals surface area contributed by atoms with Crippen LogP contribution in [-0.4, -0.2) is 29.9 Å². The molecule has 0 radical (unpaired) electrons. The largest absolute Gasteiger partial charge is 0.389 e. The molecule has 2 atom stereocenters. The van der Waals surface area contributed by atoms with Crippen LogP contribution in [0, 0.1) is 5.92 Å². The summed E-state index contributed by atoms with van der Waals surface area (Å²) in [4.78, 5) is 1.25. The van der Waals surface area contributed by atoms with Crippen molar-refractivity contribution in [2.45, 2.75) is 50.9 Å². The highest BCUT2D eigenvalue weighted by atomic mass is 79.9. The van der Waals surface area contributed by atoms with Crippen molar-refractivity contribution < 1.29 is 9.84 Å². The second-order valence-corrected chi connectivity index (χ2v) is 11.5. The number of nitrogens with one attached hydrogen (secondary N) is 1. The lowest BCUT2D eigenvalue weighted by Crippen LogP contribution is -2.46. The number of aliphatic hydroxyl groups excluding tert-OH is 1. The van der Waals surface area contributed by atoms with E-state index in [4.69, 9.17) is 4.74 Å². The van der Waals surface area contributed by atoms with E-state index in [1.54, 1.807) is 11.3 Å². The van der Waals surface area contributed by atoms with Gasteiger partial charge in [-0.05, 0) is 83.4 Å². The highest BCUT2D eigenvalue weighted by molar-refractivity contribution is 9.11. The molecule has 1 fully saturated rings. The number of ether oxygens (including phenoxy) is 1. The number of hydrogen-bond donors (Lipinski definition) is 2. The summed E-state index contributed by atoms with van der Waals surface area (Å²) in [6.07, 6.45) is 2.92. The van der Waals surface area contributed by atoms with Gasteiger partial charge in [-0.1, -0.05) is 42.5 Å². The van der Waals surface area contributed by atoms with Gasteiger partial charge in [-0.25, -0.2) is 0 Å². The first-order valence-corrected chi connectivity index (χ1v) is 12.3. The molecule has 3 nitrogen and oxygen atoms in total. The Morgan fingerprint density at radius 1 is 1.13 bits per heavy atom. The Bertz CT molecular complexity index is 982. The third kappa shape index (κ3) is 5.92. The summed E-state index contributed by atoms with van der Waals surface area (Å²) in [6.45, 7) is 5.25. The molecule has 4 rings (SSSR count). The molecular formula is C25H30BrNO2S. The van der Waals surface area contributed by atoms with E-state index in [9.17, 15) is 5.11 Å². The molecule has 2 N–H and O–H groups in total. The Kier molecular flexibility index (Phi) is 6.95. The van der Waals surface area contributed by atoms with Gasteiger partial charge in [0.2, 0.25) is 0 Å². The second-order valence-electron chi connectivity index (χ2n) is 9.01. The molecule has 5 heteroatoms. The molecule has 1 aliphatic rings. The standard InChI is InChI=1S/C25H30BrNO2S/c1-25(2,14-17-7-8-18-5-3-4-6-20(18)13-17)27-15-21(28)16-29-24(19-9-10-19)22-11-12-23(26)30-22/h3-8,11-13,19,21,24,27-28H,9-10,14-16H2,1-2H3/t21-,24?/m1/s1. The number of hydrogen-bond acceptors (Lipinski definition) is 4. The van der Waals surface area contributed by atoms with Crippen LogP contribution in [-0.2, 0) is 11.2 Å². The van der Waals surface area contributed by atoms with E-state index in [0.29, 0.717) is 19.1 Å². The van der Waals surface area contributed by atoms with Gasteiger partial charge in [0.05, 0.1) is 22.6 Å². The minimum atomic E-state index is -0.523. The van der Waals surface area contributed by atoms with Crippen molar-refractivity contribution in [2.75, 3.05) is 13.2 Å². The fourth-order valence-electron chi connectivity index (χ4n) is 3.92. The van der Waals surface area contributed by atoms with Crippen LogP contribution in [0.25, 0.3) is 10.8 Å². The fraction of sp³-hybridized carbons (Fsp3) is 0.440. The monoisotopic (exact) mass is 487 g/mol. The van der Waals surface area contributed by atoms with Gasteiger partial charge >= 0.3 is 0 Å². The molecule has 1 aromatic heterocycles. The maximum Gasteiger partial charge on any atom is 0.0946 e. The highest BCUT2D eigenvalue weighted by Crippen LogP contribution is 2.45. The average Bonchev–Trinajstić information content (AvgIpc) is 3.47. The topological polar surface area (TPSA) is 41.5 Å². The van der Waals surface area contributed by atoms with Gasteiger partial charge in [0, 0.05) is 17.0 Å². The molecule has 2 aromatic carbocycles. The Balaban J connectivity index is 1.28. The number of aliphatic hydroxyl groups is 1. The molecular weight excluding hydrogens is 458 g/mol. The SMILES string of the molecule is CC(C)(Cc1ccc2ccccc2c1)NC[C@@H](O)COC(c1ccc(Br)s1)C1CC1. The van der Waals surface area contributed by atoms with Crippen molar-refractivity contribution in [3.8, 4) is 0 Å². The molecule has 30 heavy (non-hydrogen) atoms. The van der Waals surface area contributed by atoms with Crippen LogP contribution >= 0.6 is 27.3 Å². The lowest BCUT2D eigenvalue weighted by atomic mass is 9.93. The Morgan fingerprint density at radius 3 is 2.60 bits per heavy atom. The highest BCUT2D eigenvalue weighted by Gasteiger charge is 2.34. The van der Waals surface area contributed by atoms with E-state index in [2.05, 4.69) is 89.7 Å². The first-order valence-electron chi connectivity index (χ1n) is 10.7. The zero-order chi connectivity index (χ0) is 21.1. The normalized spacial score (nSPS) is 16.7. The predicted octanol–water partition coefficient (Wildman–Crippen LogP) is 6.10. The van der Waals surface area contributed by atoms with Gasteiger partial charge in [-0.2, -0.15) is 0 Å². The van der Waals surface area contributed by atoms with Crippen LogP contribution in [0.4, 0.5) is 0 Å². The van der Waals surface area contributed by atoms with Gasteiger partial charge < -0.3 is 15.2 Å². The van der Waals surface area contributed by atoms with Crippen molar-refractivity contribution in [2.24, 2.45) is 5.92 Å². The van der Waals surface area contributed by atoms with Crippen LogP contribution in [0.15, 0.2) is 58.4 Å². The Labute approximate surface area is 191 Å². The van der Waals surface area contributed by atoms with Gasteiger partial charge in [0.1, 0.15) is 0 Å². The quantitative estimate of drug-likeness (QED) is 0.362. The minimum Gasteiger partial charge on any atom is -0.389 e. The summed E-state index contributed by atoms with van der Waals surface area (Å²) in [5, 5.41) is 16.6.